The van der Waals surface area contributed by atoms with E-state index in [9.17, 15) is 9.59 Å². The molecule has 0 spiro atoms. The van der Waals surface area contributed by atoms with Gasteiger partial charge in [-0.1, -0.05) is 61.0 Å². The molecule has 1 heterocycles. The van der Waals surface area contributed by atoms with E-state index >= 15 is 0 Å². The zero-order valence-electron chi connectivity index (χ0n) is 16.5. The first-order valence-corrected chi connectivity index (χ1v) is 10.4. The summed E-state index contributed by atoms with van der Waals surface area (Å²) in [6.07, 6.45) is 2.46. The van der Waals surface area contributed by atoms with Gasteiger partial charge in [-0.3, -0.25) is 9.59 Å². The first-order chi connectivity index (χ1) is 14.1. The van der Waals surface area contributed by atoms with Crippen molar-refractivity contribution in [2.45, 2.75) is 26.3 Å². The van der Waals surface area contributed by atoms with Gasteiger partial charge in [0.1, 0.15) is 5.70 Å². The zero-order valence-corrected chi connectivity index (χ0v) is 17.3. The zero-order chi connectivity index (χ0) is 20.6. The van der Waals surface area contributed by atoms with Crippen LogP contribution in [0.1, 0.15) is 45.7 Å². The molecule has 2 amide bonds. The molecule has 5 heteroatoms. The lowest BCUT2D eigenvalue weighted by Crippen LogP contribution is -2.36. The predicted octanol–water partition coefficient (Wildman–Crippen LogP) is 5.09. The third kappa shape index (κ3) is 5.65. The third-order valence-electron chi connectivity index (χ3n) is 4.52. The van der Waals surface area contributed by atoms with Crippen LogP contribution in [0.3, 0.4) is 0 Å². The number of thiophene rings is 1. The van der Waals surface area contributed by atoms with Crippen LogP contribution in [0.2, 0.25) is 0 Å². The van der Waals surface area contributed by atoms with Crippen LogP contribution in [0.4, 0.5) is 0 Å². The van der Waals surface area contributed by atoms with Crippen LogP contribution < -0.4 is 10.6 Å². The van der Waals surface area contributed by atoms with Gasteiger partial charge in [-0.05, 0) is 48.6 Å². The molecule has 29 heavy (non-hydrogen) atoms. The largest absolute Gasteiger partial charge is 0.344 e. The van der Waals surface area contributed by atoms with Crippen molar-refractivity contribution in [2.75, 3.05) is 0 Å². The van der Waals surface area contributed by atoms with Crippen LogP contribution in [0.5, 0.6) is 0 Å². The van der Waals surface area contributed by atoms with Crippen LogP contribution in [0.25, 0.3) is 6.08 Å². The van der Waals surface area contributed by atoms with Gasteiger partial charge in [0, 0.05) is 10.4 Å². The second kappa shape index (κ2) is 9.85. The van der Waals surface area contributed by atoms with E-state index in [0.29, 0.717) is 5.56 Å². The highest BCUT2D eigenvalue weighted by atomic mass is 32.1. The van der Waals surface area contributed by atoms with Crippen molar-refractivity contribution in [1.82, 2.24) is 10.6 Å². The van der Waals surface area contributed by atoms with E-state index in [2.05, 4.69) is 10.6 Å². The molecule has 3 aromatic rings. The molecule has 0 saturated heterocycles. The highest BCUT2D eigenvalue weighted by Gasteiger charge is 2.19. The molecule has 1 aromatic heterocycles. The van der Waals surface area contributed by atoms with Crippen LogP contribution >= 0.6 is 11.3 Å². The standard InChI is InChI=1S/C24H24N2O2S/c1-3-21(18-10-5-4-6-11-18)25-24(28)22(16-20-13-8-14-29-20)26-23(27)19-12-7-9-17(2)15-19/h4-16,21H,3H2,1-2H3,(H,25,28)(H,26,27)/b22-16-/t21-/m0/s1. The maximum atomic E-state index is 13.1. The Kier molecular flexibility index (Phi) is 6.98. The molecule has 0 fully saturated rings. The van der Waals surface area contributed by atoms with Crippen LogP contribution in [0.15, 0.2) is 77.8 Å². The molecule has 2 N–H and O–H groups in total. The van der Waals surface area contributed by atoms with E-state index in [1.807, 2.05) is 73.8 Å². The van der Waals surface area contributed by atoms with Gasteiger partial charge < -0.3 is 10.6 Å². The van der Waals surface area contributed by atoms with Crippen molar-refractivity contribution in [2.24, 2.45) is 0 Å². The Morgan fingerprint density at radius 1 is 1.03 bits per heavy atom. The van der Waals surface area contributed by atoms with Gasteiger partial charge in [0.05, 0.1) is 6.04 Å². The normalized spacial score (nSPS) is 12.3. The number of amides is 2. The van der Waals surface area contributed by atoms with Crippen molar-refractivity contribution >= 4 is 29.2 Å². The number of rotatable bonds is 7. The Morgan fingerprint density at radius 2 is 1.83 bits per heavy atom. The summed E-state index contributed by atoms with van der Waals surface area (Å²) in [7, 11) is 0. The fourth-order valence-electron chi connectivity index (χ4n) is 3.00. The summed E-state index contributed by atoms with van der Waals surface area (Å²) < 4.78 is 0. The molecule has 0 aliphatic heterocycles. The fourth-order valence-corrected chi connectivity index (χ4v) is 3.65. The van der Waals surface area contributed by atoms with Crippen molar-refractivity contribution in [1.29, 1.82) is 0 Å². The molecule has 4 nitrogen and oxygen atoms in total. The molecular weight excluding hydrogens is 380 g/mol. The van der Waals surface area contributed by atoms with Gasteiger partial charge in [-0.15, -0.1) is 11.3 Å². The lowest BCUT2D eigenvalue weighted by Gasteiger charge is -2.19. The average Bonchev–Trinajstić information content (AvgIpc) is 3.25. The first kappa shape index (κ1) is 20.6. The Bertz CT molecular complexity index is 995. The van der Waals surface area contributed by atoms with Gasteiger partial charge in [-0.2, -0.15) is 0 Å². The van der Waals surface area contributed by atoms with E-state index in [1.54, 1.807) is 18.2 Å². The van der Waals surface area contributed by atoms with Gasteiger partial charge in [0.2, 0.25) is 0 Å². The summed E-state index contributed by atoms with van der Waals surface area (Å²) in [5, 5.41) is 7.78. The molecule has 3 rings (SSSR count). The second-order valence-corrected chi connectivity index (χ2v) is 7.72. The maximum absolute atomic E-state index is 13.1. The second-order valence-electron chi connectivity index (χ2n) is 6.74. The number of hydrogen-bond donors (Lipinski definition) is 2. The molecular formula is C24H24N2O2S. The van der Waals surface area contributed by atoms with Gasteiger partial charge >= 0.3 is 0 Å². The van der Waals surface area contributed by atoms with Crippen molar-refractivity contribution in [3.05, 3.63) is 99.4 Å². The highest BCUT2D eigenvalue weighted by Crippen LogP contribution is 2.18. The number of hydrogen-bond acceptors (Lipinski definition) is 3. The first-order valence-electron chi connectivity index (χ1n) is 9.56. The molecule has 0 radical (unpaired) electrons. The summed E-state index contributed by atoms with van der Waals surface area (Å²) in [5.74, 6) is -0.616. The van der Waals surface area contributed by atoms with E-state index < -0.39 is 0 Å². The number of benzene rings is 2. The topological polar surface area (TPSA) is 58.2 Å². The van der Waals surface area contributed by atoms with Crippen molar-refractivity contribution < 1.29 is 9.59 Å². The summed E-state index contributed by atoms with van der Waals surface area (Å²) in [6, 6.07) is 20.8. The molecule has 1 atom stereocenters. The van der Waals surface area contributed by atoms with Crippen molar-refractivity contribution in [3.8, 4) is 0 Å². The van der Waals surface area contributed by atoms with Gasteiger partial charge in [0.15, 0.2) is 0 Å². The predicted molar refractivity (Wildman–Crippen MR) is 119 cm³/mol. The Morgan fingerprint density at radius 3 is 2.48 bits per heavy atom. The van der Waals surface area contributed by atoms with E-state index in [4.69, 9.17) is 0 Å². The number of nitrogens with one attached hydrogen (secondary N) is 2. The van der Waals surface area contributed by atoms with Crippen LogP contribution in [0, 0.1) is 6.92 Å². The SMILES string of the molecule is CC[C@H](NC(=O)/C(=C/c1cccs1)NC(=O)c1cccc(C)c1)c1ccccc1. The quantitative estimate of drug-likeness (QED) is 0.539. The van der Waals surface area contributed by atoms with Crippen LogP contribution in [-0.2, 0) is 4.79 Å². The van der Waals surface area contributed by atoms with E-state index in [-0.39, 0.29) is 23.6 Å². The maximum Gasteiger partial charge on any atom is 0.268 e. The third-order valence-corrected chi connectivity index (χ3v) is 5.34. The lowest BCUT2D eigenvalue weighted by atomic mass is 10.0. The number of carbonyl (C=O) groups is 2. The van der Waals surface area contributed by atoms with Gasteiger partial charge in [0.25, 0.3) is 11.8 Å². The number of carbonyl (C=O) groups excluding carboxylic acids is 2. The Labute approximate surface area is 175 Å². The summed E-state index contributed by atoms with van der Waals surface area (Å²) in [4.78, 5) is 26.7. The minimum Gasteiger partial charge on any atom is -0.344 e. The minimum atomic E-state index is -0.310. The van der Waals surface area contributed by atoms with E-state index in [0.717, 1.165) is 22.4 Å². The molecule has 0 bridgehead atoms. The minimum absolute atomic E-state index is 0.133. The molecule has 0 saturated carbocycles. The molecule has 0 aliphatic rings. The lowest BCUT2D eigenvalue weighted by molar-refractivity contribution is -0.118. The molecule has 148 valence electrons. The molecule has 0 unspecified atom stereocenters. The van der Waals surface area contributed by atoms with Gasteiger partial charge in [-0.25, -0.2) is 0 Å². The van der Waals surface area contributed by atoms with Crippen LogP contribution in [-0.4, -0.2) is 11.8 Å². The highest BCUT2D eigenvalue weighted by molar-refractivity contribution is 7.10. The Hall–Kier alpha value is -3.18. The molecule has 2 aromatic carbocycles. The molecule has 0 aliphatic carbocycles. The number of aryl methyl sites for hydroxylation is 1. The van der Waals surface area contributed by atoms with E-state index in [1.165, 1.54) is 11.3 Å². The average molecular weight is 405 g/mol. The summed E-state index contributed by atoms with van der Waals surface area (Å²) >= 11 is 1.51. The Balaban J connectivity index is 1.83. The summed E-state index contributed by atoms with van der Waals surface area (Å²) in [5.41, 5.74) is 2.77. The fraction of sp³-hybridized carbons (Fsp3) is 0.167. The monoisotopic (exact) mass is 404 g/mol. The van der Waals surface area contributed by atoms with Crippen molar-refractivity contribution in [3.63, 3.8) is 0 Å². The smallest absolute Gasteiger partial charge is 0.268 e. The summed E-state index contributed by atoms with van der Waals surface area (Å²) in [6.45, 7) is 3.95.